The van der Waals surface area contributed by atoms with Gasteiger partial charge in [0.15, 0.2) is 0 Å². The van der Waals surface area contributed by atoms with E-state index in [4.69, 9.17) is 5.73 Å². The monoisotopic (exact) mass is 295 g/mol. The number of halogens is 1. The summed E-state index contributed by atoms with van der Waals surface area (Å²) in [6.07, 6.45) is 4.66. The van der Waals surface area contributed by atoms with Gasteiger partial charge in [-0.3, -0.25) is 15.0 Å². The predicted molar refractivity (Wildman–Crippen MR) is 79.3 cm³/mol. The third-order valence-corrected chi connectivity index (χ3v) is 4.38. The summed E-state index contributed by atoms with van der Waals surface area (Å²) < 4.78 is 13.7. The molecule has 1 aromatic rings. The molecule has 21 heavy (non-hydrogen) atoms. The molecule has 0 aromatic heterocycles. The van der Waals surface area contributed by atoms with Crippen LogP contribution in [0.15, 0.2) is 18.2 Å². The summed E-state index contributed by atoms with van der Waals surface area (Å²) in [6.45, 7) is 1.25. The van der Waals surface area contributed by atoms with E-state index in [9.17, 15) is 14.5 Å². The Labute approximate surface area is 124 Å². The van der Waals surface area contributed by atoms with Crippen LogP contribution in [0.2, 0.25) is 0 Å². The highest BCUT2D eigenvalue weighted by molar-refractivity contribution is 5.35. The van der Waals surface area contributed by atoms with E-state index in [1.54, 1.807) is 6.07 Å². The van der Waals surface area contributed by atoms with E-state index in [2.05, 4.69) is 4.90 Å². The molecule has 0 bridgehead atoms. The van der Waals surface area contributed by atoms with Gasteiger partial charge in [-0.05, 0) is 44.0 Å². The topological polar surface area (TPSA) is 72.4 Å². The minimum absolute atomic E-state index is 0.405. The van der Waals surface area contributed by atoms with Gasteiger partial charge < -0.3 is 5.73 Å². The van der Waals surface area contributed by atoms with Crippen LogP contribution < -0.4 is 5.73 Å². The molecule has 2 N–H and O–H groups in total. The first-order valence-electron chi connectivity index (χ1n) is 7.36. The maximum Gasteiger partial charge on any atom is 0.304 e. The summed E-state index contributed by atoms with van der Waals surface area (Å²) in [5, 5.41) is 10.6. The molecule has 0 spiro atoms. The smallest absolute Gasteiger partial charge is 0.304 e. The molecular formula is C15H22FN3O2. The normalized spacial score (nSPS) is 22.5. The number of hydrogen-bond acceptors (Lipinski definition) is 4. The maximum absolute atomic E-state index is 13.7. The largest absolute Gasteiger partial charge is 0.330 e. The van der Waals surface area contributed by atoms with Crippen LogP contribution in [-0.4, -0.2) is 29.5 Å². The highest BCUT2D eigenvalue weighted by Gasteiger charge is 2.27. The molecule has 6 heteroatoms. The van der Waals surface area contributed by atoms with Crippen molar-refractivity contribution in [3.05, 3.63) is 39.7 Å². The Morgan fingerprint density at radius 2 is 2.14 bits per heavy atom. The molecule has 1 aromatic carbocycles. The zero-order valence-corrected chi connectivity index (χ0v) is 12.3. The van der Waals surface area contributed by atoms with Crippen LogP contribution in [0.1, 0.15) is 31.2 Å². The molecule has 116 valence electrons. The molecule has 0 aliphatic heterocycles. The summed E-state index contributed by atoms with van der Waals surface area (Å²) in [4.78, 5) is 12.1. The van der Waals surface area contributed by atoms with Gasteiger partial charge >= 0.3 is 5.69 Å². The van der Waals surface area contributed by atoms with Gasteiger partial charge in [-0.25, -0.2) is 0 Å². The molecule has 5 nitrogen and oxygen atoms in total. The first-order valence-corrected chi connectivity index (χ1v) is 7.36. The van der Waals surface area contributed by atoms with Crippen LogP contribution in [0.4, 0.5) is 10.1 Å². The lowest BCUT2D eigenvalue weighted by molar-refractivity contribution is -0.387. The van der Waals surface area contributed by atoms with E-state index in [-0.39, 0.29) is 0 Å². The highest BCUT2D eigenvalue weighted by Crippen LogP contribution is 2.28. The molecule has 1 fully saturated rings. The van der Waals surface area contributed by atoms with Crippen molar-refractivity contribution in [3.63, 3.8) is 0 Å². The van der Waals surface area contributed by atoms with Crippen LogP contribution in [-0.2, 0) is 6.54 Å². The summed E-state index contributed by atoms with van der Waals surface area (Å²) in [5.41, 5.74) is 6.12. The standard InChI is InChI=1S/C15H22FN3O2/c1-18(14-5-3-2-4-12(14)9-17)10-11-6-7-15(19(20)21)13(16)8-11/h6-8,12,14H,2-5,9-10,17H2,1H3. The van der Waals surface area contributed by atoms with Gasteiger partial charge in [0, 0.05) is 18.7 Å². The van der Waals surface area contributed by atoms with Crippen molar-refractivity contribution in [3.8, 4) is 0 Å². The second-order valence-electron chi connectivity index (χ2n) is 5.81. The summed E-state index contributed by atoms with van der Waals surface area (Å²) in [6, 6.07) is 4.52. The van der Waals surface area contributed by atoms with Crippen LogP contribution >= 0.6 is 0 Å². The van der Waals surface area contributed by atoms with Gasteiger partial charge in [-0.1, -0.05) is 18.9 Å². The van der Waals surface area contributed by atoms with Crippen molar-refractivity contribution in [1.29, 1.82) is 0 Å². The fourth-order valence-corrected chi connectivity index (χ4v) is 3.25. The summed E-state index contributed by atoms with van der Waals surface area (Å²) in [5.74, 6) is -0.295. The minimum Gasteiger partial charge on any atom is -0.330 e. The number of hydrogen-bond donors (Lipinski definition) is 1. The molecule has 1 saturated carbocycles. The lowest BCUT2D eigenvalue weighted by Gasteiger charge is -2.37. The Balaban J connectivity index is 2.06. The zero-order valence-electron chi connectivity index (χ0n) is 12.3. The molecule has 2 atom stereocenters. The minimum atomic E-state index is -0.773. The lowest BCUT2D eigenvalue weighted by Crippen LogP contribution is -2.42. The van der Waals surface area contributed by atoms with E-state index >= 15 is 0 Å². The SMILES string of the molecule is CN(Cc1ccc([N+](=O)[O-])c(F)c1)C1CCCCC1CN. The van der Waals surface area contributed by atoms with Gasteiger partial charge in [-0.15, -0.1) is 0 Å². The molecule has 0 radical (unpaired) electrons. The maximum atomic E-state index is 13.7. The molecule has 0 saturated heterocycles. The fourth-order valence-electron chi connectivity index (χ4n) is 3.25. The van der Waals surface area contributed by atoms with Crippen LogP contribution in [0.3, 0.4) is 0 Å². The molecule has 2 unspecified atom stereocenters. The van der Waals surface area contributed by atoms with Gasteiger partial charge in [0.25, 0.3) is 0 Å². The third kappa shape index (κ3) is 3.77. The molecule has 1 aliphatic rings. The molecule has 0 amide bonds. The van der Waals surface area contributed by atoms with Gasteiger partial charge in [0.05, 0.1) is 4.92 Å². The highest BCUT2D eigenvalue weighted by atomic mass is 19.1. The van der Waals surface area contributed by atoms with E-state index in [0.29, 0.717) is 25.0 Å². The predicted octanol–water partition coefficient (Wildman–Crippen LogP) is 2.68. The first kappa shape index (κ1) is 15.9. The third-order valence-electron chi connectivity index (χ3n) is 4.38. The van der Waals surface area contributed by atoms with E-state index in [1.807, 2.05) is 7.05 Å². The fraction of sp³-hybridized carbons (Fsp3) is 0.600. The van der Waals surface area contributed by atoms with Crippen molar-refractivity contribution in [2.45, 2.75) is 38.3 Å². The summed E-state index contributed by atoms with van der Waals surface area (Å²) in [7, 11) is 2.01. The molecule has 0 heterocycles. The Bertz CT molecular complexity index is 510. The van der Waals surface area contributed by atoms with Crippen molar-refractivity contribution in [2.24, 2.45) is 11.7 Å². The Hall–Kier alpha value is -1.53. The van der Waals surface area contributed by atoms with Crippen LogP contribution in [0.5, 0.6) is 0 Å². The average molecular weight is 295 g/mol. The van der Waals surface area contributed by atoms with Crippen molar-refractivity contribution < 1.29 is 9.31 Å². The van der Waals surface area contributed by atoms with Gasteiger partial charge in [0.1, 0.15) is 0 Å². The Morgan fingerprint density at radius 3 is 2.76 bits per heavy atom. The first-order chi connectivity index (χ1) is 10.0. The summed E-state index contributed by atoms with van der Waals surface area (Å²) >= 11 is 0. The van der Waals surface area contributed by atoms with Crippen LogP contribution in [0.25, 0.3) is 0 Å². The van der Waals surface area contributed by atoms with Crippen molar-refractivity contribution in [2.75, 3.05) is 13.6 Å². The second kappa shape index (κ2) is 6.95. The Kier molecular flexibility index (Phi) is 5.25. The van der Waals surface area contributed by atoms with Crippen LogP contribution in [0, 0.1) is 21.8 Å². The van der Waals surface area contributed by atoms with Crippen molar-refractivity contribution in [1.82, 2.24) is 4.90 Å². The van der Waals surface area contributed by atoms with Gasteiger partial charge in [-0.2, -0.15) is 4.39 Å². The molecule has 1 aliphatic carbocycles. The van der Waals surface area contributed by atoms with E-state index in [1.165, 1.54) is 25.0 Å². The number of nitrogens with two attached hydrogens (primary N) is 1. The molecule has 2 rings (SSSR count). The number of rotatable bonds is 5. The molecular weight excluding hydrogens is 273 g/mol. The second-order valence-corrected chi connectivity index (χ2v) is 5.81. The van der Waals surface area contributed by atoms with E-state index in [0.717, 1.165) is 18.4 Å². The quantitative estimate of drug-likeness (QED) is 0.669. The lowest BCUT2D eigenvalue weighted by atomic mass is 9.83. The van der Waals surface area contributed by atoms with Gasteiger partial charge in [0.2, 0.25) is 5.82 Å². The number of benzene rings is 1. The number of nitro groups is 1. The number of nitrogens with zero attached hydrogens (tertiary/aromatic N) is 2. The average Bonchev–Trinajstić information content (AvgIpc) is 2.46. The van der Waals surface area contributed by atoms with E-state index < -0.39 is 16.4 Å². The Morgan fingerprint density at radius 1 is 1.43 bits per heavy atom. The number of nitro benzene ring substituents is 1. The zero-order chi connectivity index (χ0) is 15.4. The van der Waals surface area contributed by atoms with Crippen molar-refractivity contribution >= 4 is 5.69 Å².